The molecule has 2 aliphatic carbocycles. The Kier molecular flexibility index (Phi) is 2.07. The molecular weight excluding hydrogens is 160 g/mol. The van der Waals surface area contributed by atoms with Crippen LogP contribution in [0.15, 0.2) is 23.8 Å². The van der Waals surface area contributed by atoms with Crippen LogP contribution in [-0.2, 0) is 0 Å². The number of rotatable bonds is 0. The Bertz CT molecular complexity index is 260. The molecule has 0 bridgehead atoms. The molecule has 2 aliphatic rings. The van der Waals surface area contributed by atoms with Gasteiger partial charge in [-0.15, -0.1) is 0 Å². The number of allylic oxidation sites excluding steroid dienone is 2. The van der Waals surface area contributed by atoms with Crippen molar-refractivity contribution in [1.29, 1.82) is 0 Å². The van der Waals surface area contributed by atoms with Gasteiger partial charge in [-0.1, -0.05) is 30.7 Å². The van der Waals surface area contributed by atoms with Gasteiger partial charge >= 0.3 is 0 Å². The van der Waals surface area contributed by atoms with E-state index in [4.69, 9.17) is 0 Å². The fourth-order valence-electron chi connectivity index (χ4n) is 2.56. The van der Waals surface area contributed by atoms with E-state index in [1.807, 2.05) is 6.92 Å². The molecule has 72 valence electrons. The highest BCUT2D eigenvalue weighted by Crippen LogP contribution is 2.40. The highest BCUT2D eigenvalue weighted by Gasteiger charge is 2.36. The molecule has 0 aliphatic heterocycles. The summed E-state index contributed by atoms with van der Waals surface area (Å²) in [5.74, 6) is 0.845. The highest BCUT2D eigenvalue weighted by atomic mass is 16.3. The topological polar surface area (TPSA) is 20.2 Å². The standard InChI is InChI=1S/C12H18O/c1-9-5-6-11-10(8-9)4-3-7-12(11,2)13/h5-6,8-9,11,13H,3-4,7H2,1-2H3/t9?,11-,12-/m0/s1. The summed E-state index contributed by atoms with van der Waals surface area (Å²) in [6, 6.07) is 0. The largest absolute Gasteiger partial charge is 0.389 e. The van der Waals surface area contributed by atoms with E-state index >= 15 is 0 Å². The summed E-state index contributed by atoms with van der Waals surface area (Å²) in [6.45, 7) is 4.16. The van der Waals surface area contributed by atoms with Gasteiger partial charge in [0, 0.05) is 5.92 Å². The maximum Gasteiger partial charge on any atom is 0.0719 e. The van der Waals surface area contributed by atoms with E-state index in [2.05, 4.69) is 25.2 Å². The lowest BCUT2D eigenvalue weighted by atomic mass is 9.70. The van der Waals surface area contributed by atoms with Crippen LogP contribution in [0.4, 0.5) is 0 Å². The van der Waals surface area contributed by atoms with Crippen molar-refractivity contribution in [2.75, 3.05) is 0 Å². The lowest BCUT2D eigenvalue weighted by Crippen LogP contribution is -2.38. The molecule has 1 N–H and O–H groups in total. The van der Waals surface area contributed by atoms with Crippen LogP contribution >= 0.6 is 0 Å². The first-order valence-corrected chi connectivity index (χ1v) is 5.21. The first kappa shape index (κ1) is 9.01. The molecule has 0 heterocycles. The molecule has 3 atom stereocenters. The number of aliphatic hydroxyl groups is 1. The molecular formula is C12H18O. The van der Waals surface area contributed by atoms with Crippen LogP contribution in [0.3, 0.4) is 0 Å². The minimum Gasteiger partial charge on any atom is -0.389 e. The van der Waals surface area contributed by atoms with Crippen molar-refractivity contribution in [2.24, 2.45) is 11.8 Å². The molecule has 1 saturated carbocycles. The zero-order valence-electron chi connectivity index (χ0n) is 8.46. The van der Waals surface area contributed by atoms with Gasteiger partial charge in [0.1, 0.15) is 0 Å². The van der Waals surface area contributed by atoms with Crippen LogP contribution in [-0.4, -0.2) is 10.7 Å². The highest BCUT2D eigenvalue weighted by molar-refractivity contribution is 5.27. The van der Waals surface area contributed by atoms with E-state index < -0.39 is 5.60 Å². The number of hydrogen-bond acceptors (Lipinski definition) is 1. The monoisotopic (exact) mass is 178 g/mol. The van der Waals surface area contributed by atoms with Gasteiger partial charge in [0.15, 0.2) is 0 Å². The predicted molar refractivity (Wildman–Crippen MR) is 54.4 cm³/mol. The summed E-state index contributed by atoms with van der Waals surface area (Å²) < 4.78 is 0. The first-order valence-electron chi connectivity index (χ1n) is 5.21. The van der Waals surface area contributed by atoms with Crippen LogP contribution in [0.1, 0.15) is 33.1 Å². The minimum atomic E-state index is -0.499. The smallest absolute Gasteiger partial charge is 0.0719 e. The average molecular weight is 178 g/mol. The van der Waals surface area contributed by atoms with Gasteiger partial charge in [-0.05, 0) is 32.1 Å². The lowest BCUT2D eigenvalue weighted by molar-refractivity contribution is 0.00730. The van der Waals surface area contributed by atoms with E-state index in [0.29, 0.717) is 5.92 Å². The third-order valence-electron chi connectivity index (χ3n) is 3.30. The Morgan fingerprint density at radius 2 is 2.23 bits per heavy atom. The molecule has 0 aromatic rings. The van der Waals surface area contributed by atoms with Crippen LogP contribution in [0, 0.1) is 11.8 Å². The van der Waals surface area contributed by atoms with Crippen LogP contribution in [0.25, 0.3) is 0 Å². The summed E-state index contributed by atoms with van der Waals surface area (Å²) in [6.07, 6.45) is 9.96. The second kappa shape index (κ2) is 2.98. The van der Waals surface area contributed by atoms with Gasteiger partial charge in [0.25, 0.3) is 0 Å². The van der Waals surface area contributed by atoms with Crippen LogP contribution in [0.5, 0.6) is 0 Å². The van der Waals surface area contributed by atoms with Gasteiger partial charge in [0.05, 0.1) is 5.60 Å². The molecule has 13 heavy (non-hydrogen) atoms. The minimum absolute atomic E-state index is 0.289. The van der Waals surface area contributed by atoms with Crippen molar-refractivity contribution < 1.29 is 5.11 Å². The van der Waals surface area contributed by atoms with Crippen molar-refractivity contribution in [3.63, 3.8) is 0 Å². The Labute approximate surface area is 80.2 Å². The molecule has 1 fully saturated rings. The predicted octanol–water partition coefficient (Wildman–Crippen LogP) is 2.67. The normalized spacial score (nSPS) is 44.1. The molecule has 1 nitrogen and oxygen atoms in total. The third-order valence-corrected chi connectivity index (χ3v) is 3.30. The molecule has 1 heteroatoms. The van der Waals surface area contributed by atoms with Gasteiger partial charge in [-0.2, -0.15) is 0 Å². The molecule has 0 amide bonds. The Hall–Kier alpha value is -0.560. The van der Waals surface area contributed by atoms with Crippen molar-refractivity contribution in [3.8, 4) is 0 Å². The van der Waals surface area contributed by atoms with Crippen molar-refractivity contribution in [1.82, 2.24) is 0 Å². The fourth-order valence-corrected chi connectivity index (χ4v) is 2.56. The number of hydrogen-bond donors (Lipinski definition) is 1. The molecule has 0 radical (unpaired) electrons. The van der Waals surface area contributed by atoms with Crippen molar-refractivity contribution >= 4 is 0 Å². The zero-order chi connectivity index (χ0) is 9.47. The first-order chi connectivity index (χ1) is 6.09. The Balaban J connectivity index is 2.27. The summed E-state index contributed by atoms with van der Waals surface area (Å²) >= 11 is 0. The van der Waals surface area contributed by atoms with E-state index in [0.717, 1.165) is 12.8 Å². The number of fused-ring (bicyclic) bond motifs is 1. The van der Waals surface area contributed by atoms with Gasteiger partial charge in [-0.25, -0.2) is 0 Å². The SMILES string of the molecule is CC1C=C[C@H]2C(=C1)CCC[C@]2(C)O. The lowest BCUT2D eigenvalue weighted by Gasteiger charge is -2.39. The second-order valence-corrected chi connectivity index (χ2v) is 4.67. The van der Waals surface area contributed by atoms with Gasteiger partial charge in [0.2, 0.25) is 0 Å². The van der Waals surface area contributed by atoms with Crippen LogP contribution < -0.4 is 0 Å². The molecule has 0 aromatic carbocycles. The molecule has 1 unspecified atom stereocenters. The summed E-state index contributed by atoms with van der Waals surface area (Å²) in [7, 11) is 0. The molecule has 0 aromatic heterocycles. The maximum absolute atomic E-state index is 10.2. The van der Waals surface area contributed by atoms with Gasteiger partial charge < -0.3 is 5.11 Å². The fraction of sp³-hybridized carbons (Fsp3) is 0.667. The molecule has 0 saturated heterocycles. The van der Waals surface area contributed by atoms with Crippen LogP contribution in [0.2, 0.25) is 0 Å². The third kappa shape index (κ3) is 1.58. The molecule has 0 spiro atoms. The maximum atomic E-state index is 10.2. The van der Waals surface area contributed by atoms with Crippen molar-refractivity contribution in [3.05, 3.63) is 23.8 Å². The Morgan fingerprint density at radius 3 is 3.00 bits per heavy atom. The van der Waals surface area contributed by atoms with Gasteiger partial charge in [-0.3, -0.25) is 0 Å². The second-order valence-electron chi connectivity index (χ2n) is 4.67. The molecule has 2 rings (SSSR count). The van der Waals surface area contributed by atoms with E-state index in [9.17, 15) is 5.11 Å². The zero-order valence-corrected chi connectivity index (χ0v) is 8.46. The van der Waals surface area contributed by atoms with E-state index in [1.54, 1.807) is 0 Å². The summed E-state index contributed by atoms with van der Waals surface area (Å²) in [4.78, 5) is 0. The average Bonchev–Trinajstić information content (AvgIpc) is 2.02. The van der Waals surface area contributed by atoms with E-state index in [-0.39, 0.29) is 5.92 Å². The van der Waals surface area contributed by atoms with Crippen molar-refractivity contribution in [2.45, 2.75) is 38.7 Å². The summed E-state index contributed by atoms with van der Waals surface area (Å²) in [5, 5.41) is 10.2. The Morgan fingerprint density at radius 1 is 1.46 bits per heavy atom. The quantitative estimate of drug-likeness (QED) is 0.565. The summed E-state index contributed by atoms with van der Waals surface area (Å²) in [5.41, 5.74) is 0.951. The van der Waals surface area contributed by atoms with E-state index in [1.165, 1.54) is 12.0 Å².